The van der Waals surface area contributed by atoms with E-state index in [-0.39, 0.29) is 12.5 Å². The molecule has 0 saturated heterocycles. The molecule has 5 nitrogen and oxygen atoms in total. The standard InChI is InChI=1S/C15H21ClN2O3/c1-5-12(15(20)21)18(4)8-13(19)17-14-10(3)6-9(2)7-11(14)16/h6-7,12H,5,8H2,1-4H3,(H,17,19)(H,20,21). The third kappa shape index (κ3) is 4.72. The molecule has 0 heterocycles. The minimum atomic E-state index is -0.933. The SMILES string of the molecule is CCC(C(=O)O)N(C)CC(=O)Nc1c(C)cc(C)cc1Cl. The number of carboxylic acids is 1. The zero-order chi connectivity index (χ0) is 16.2. The number of halogens is 1. The molecule has 0 aliphatic rings. The van der Waals surface area contributed by atoms with Crippen LogP contribution < -0.4 is 5.32 Å². The average molecular weight is 313 g/mol. The summed E-state index contributed by atoms with van der Waals surface area (Å²) >= 11 is 6.13. The Balaban J connectivity index is 2.77. The van der Waals surface area contributed by atoms with Gasteiger partial charge in [0.25, 0.3) is 0 Å². The monoisotopic (exact) mass is 312 g/mol. The Morgan fingerprint density at radius 2 is 2.00 bits per heavy atom. The third-order valence-electron chi connectivity index (χ3n) is 3.29. The highest BCUT2D eigenvalue weighted by Crippen LogP contribution is 2.27. The van der Waals surface area contributed by atoms with Crippen LogP contribution in [0.1, 0.15) is 24.5 Å². The normalized spacial score (nSPS) is 12.3. The number of aliphatic carboxylic acids is 1. The second-order valence-electron chi connectivity index (χ2n) is 5.16. The number of benzene rings is 1. The van der Waals surface area contributed by atoms with E-state index in [2.05, 4.69) is 5.32 Å². The van der Waals surface area contributed by atoms with Gasteiger partial charge in [-0.3, -0.25) is 14.5 Å². The van der Waals surface area contributed by atoms with Gasteiger partial charge in [-0.25, -0.2) is 0 Å². The van der Waals surface area contributed by atoms with Crippen LogP contribution in [0.5, 0.6) is 0 Å². The molecule has 0 aliphatic heterocycles. The summed E-state index contributed by atoms with van der Waals surface area (Å²) in [6, 6.07) is 3.03. The number of nitrogens with zero attached hydrogens (tertiary/aromatic N) is 1. The van der Waals surface area contributed by atoms with Crippen molar-refractivity contribution in [2.24, 2.45) is 0 Å². The van der Waals surface area contributed by atoms with Crippen LogP contribution in [0.4, 0.5) is 5.69 Å². The molecule has 1 aromatic rings. The molecule has 0 fully saturated rings. The van der Waals surface area contributed by atoms with E-state index < -0.39 is 12.0 Å². The molecule has 1 rings (SSSR count). The summed E-state index contributed by atoms with van der Waals surface area (Å²) < 4.78 is 0. The fourth-order valence-corrected chi connectivity index (χ4v) is 2.63. The van der Waals surface area contributed by atoms with Crippen molar-refractivity contribution in [1.29, 1.82) is 0 Å². The van der Waals surface area contributed by atoms with Crippen molar-refractivity contribution in [2.45, 2.75) is 33.2 Å². The number of likely N-dealkylation sites (N-methyl/N-ethyl adjacent to an activating group) is 1. The second kappa shape index (κ2) is 7.43. The van der Waals surface area contributed by atoms with Gasteiger partial charge in [0.2, 0.25) is 5.91 Å². The highest BCUT2D eigenvalue weighted by atomic mass is 35.5. The van der Waals surface area contributed by atoms with Crippen LogP contribution in [0, 0.1) is 13.8 Å². The minimum absolute atomic E-state index is 0.00550. The molecule has 2 N–H and O–H groups in total. The van der Waals surface area contributed by atoms with Gasteiger partial charge in [-0.05, 0) is 44.5 Å². The quantitative estimate of drug-likeness (QED) is 0.847. The number of carbonyl (C=O) groups excluding carboxylic acids is 1. The molecule has 0 bridgehead atoms. The predicted octanol–water partition coefficient (Wildman–Crippen LogP) is 2.69. The van der Waals surface area contributed by atoms with Crippen molar-refractivity contribution in [2.75, 3.05) is 18.9 Å². The number of aryl methyl sites for hydroxylation is 2. The zero-order valence-corrected chi connectivity index (χ0v) is 13.5. The summed E-state index contributed by atoms with van der Waals surface area (Å²) in [5, 5.41) is 12.3. The van der Waals surface area contributed by atoms with Crippen molar-refractivity contribution in [3.8, 4) is 0 Å². The minimum Gasteiger partial charge on any atom is -0.480 e. The predicted molar refractivity (Wildman–Crippen MR) is 83.9 cm³/mol. The summed E-state index contributed by atoms with van der Waals surface area (Å²) in [5.74, 6) is -1.22. The number of hydrogen-bond donors (Lipinski definition) is 2. The number of carboxylic acid groups (broad SMARTS) is 1. The van der Waals surface area contributed by atoms with Crippen LogP contribution in [-0.2, 0) is 9.59 Å². The maximum absolute atomic E-state index is 12.1. The molecule has 0 aromatic heterocycles. The van der Waals surface area contributed by atoms with Gasteiger partial charge < -0.3 is 10.4 Å². The highest BCUT2D eigenvalue weighted by Gasteiger charge is 2.22. The molecule has 0 saturated carbocycles. The maximum Gasteiger partial charge on any atom is 0.320 e. The molecule has 1 aromatic carbocycles. The Morgan fingerprint density at radius 1 is 1.38 bits per heavy atom. The molecule has 21 heavy (non-hydrogen) atoms. The lowest BCUT2D eigenvalue weighted by Crippen LogP contribution is -2.42. The first-order chi connectivity index (χ1) is 9.76. The Kier molecular flexibility index (Phi) is 6.18. The summed E-state index contributed by atoms with van der Waals surface area (Å²) in [7, 11) is 1.62. The van der Waals surface area contributed by atoms with E-state index in [9.17, 15) is 9.59 Å². The van der Waals surface area contributed by atoms with Gasteiger partial charge in [-0.15, -0.1) is 0 Å². The van der Waals surface area contributed by atoms with Crippen LogP contribution in [0.2, 0.25) is 5.02 Å². The summed E-state index contributed by atoms with van der Waals surface area (Å²) in [5.41, 5.74) is 2.47. The molecule has 1 unspecified atom stereocenters. The number of amides is 1. The van der Waals surface area contributed by atoms with E-state index in [0.717, 1.165) is 11.1 Å². The third-order valence-corrected chi connectivity index (χ3v) is 3.59. The largest absolute Gasteiger partial charge is 0.480 e. The van der Waals surface area contributed by atoms with Crippen LogP contribution in [0.25, 0.3) is 0 Å². The number of hydrogen-bond acceptors (Lipinski definition) is 3. The van der Waals surface area contributed by atoms with Gasteiger partial charge in [0.15, 0.2) is 0 Å². The van der Waals surface area contributed by atoms with Crippen LogP contribution in [0.15, 0.2) is 12.1 Å². The van der Waals surface area contributed by atoms with Gasteiger partial charge in [0.1, 0.15) is 6.04 Å². The molecular formula is C15H21ClN2O3. The van der Waals surface area contributed by atoms with E-state index in [1.54, 1.807) is 20.0 Å². The Hall–Kier alpha value is -1.59. The van der Waals surface area contributed by atoms with E-state index >= 15 is 0 Å². The van der Waals surface area contributed by atoms with E-state index in [4.69, 9.17) is 16.7 Å². The lowest BCUT2D eigenvalue weighted by Gasteiger charge is -2.23. The van der Waals surface area contributed by atoms with Crippen LogP contribution in [-0.4, -0.2) is 41.5 Å². The van der Waals surface area contributed by atoms with Crippen molar-refractivity contribution in [3.05, 3.63) is 28.3 Å². The molecule has 0 radical (unpaired) electrons. The molecule has 6 heteroatoms. The first-order valence-corrected chi connectivity index (χ1v) is 7.13. The molecule has 0 aliphatic carbocycles. The van der Waals surface area contributed by atoms with Gasteiger partial charge >= 0.3 is 5.97 Å². The summed E-state index contributed by atoms with van der Waals surface area (Å²) in [4.78, 5) is 24.6. The van der Waals surface area contributed by atoms with E-state index in [1.165, 1.54) is 4.90 Å². The fourth-order valence-electron chi connectivity index (χ4n) is 2.26. The lowest BCUT2D eigenvalue weighted by molar-refractivity contribution is -0.143. The van der Waals surface area contributed by atoms with Gasteiger partial charge in [-0.2, -0.15) is 0 Å². The second-order valence-corrected chi connectivity index (χ2v) is 5.57. The number of anilines is 1. The topological polar surface area (TPSA) is 69.6 Å². The first kappa shape index (κ1) is 17.5. The Morgan fingerprint density at radius 3 is 2.48 bits per heavy atom. The number of nitrogens with one attached hydrogen (secondary N) is 1. The van der Waals surface area contributed by atoms with Crippen molar-refractivity contribution >= 4 is 29.2 Å². The van der Waals surface area contributed by atoms with E-state index in [1.807, 2.05) is 19.9 Å². The zero-order valence-electron chi connectivity index (χ0n) is 12.7. The fraction of sp³-hybridized carbons (Fsp3) is 0.467. The van der Waals surface area contributed by atoms with Crippen molar-refractivity contribution in [3.63, 3.8) is 0 Å². The lowest BCUT2D eigenvalue weighted by atomic mass is 10.1. The first-order valence-electron chi connectivity index (χ1n) is 6.75. The molecule has 116 valence electrons. The number of carbonyl (C=O) groups is 2. The average Bonchev–Trinajstić information content (AvgIpc) is 2.33. The van der Waals surface area contributed by atoms with Crippen LogP contribution >= 0.6 is 11.6 Å². The summed E-state index contributed by atoms with van der Waals surface area (Å²) in [6.45, 7) is 5.56. The van der Waals surface area contributed by atoms with Gasteiger partial charge in [0.05, 0.1) is 17.3 Å². The Bertz CT molecular complexity index is 523. The molecule has 0 spiro atoms. The van der Waals surface area contributed by atoms with Crippen molar-refractivity contribution < 1.29 is 14.7 Å². The molecule has 1 atom stereocenters. The number of rotatable bonds is 6. The highest BCUT2D eigenvalue weighted by molar-refractivity contribution is 6.34. The van der Waals surface area contributed by atoms with Crippen LogP contribution in [0.3, 0.4) is 0 Å². The molecule has 1 amide bonds. The Labute approximate surface area is 129 Å². The van der Waals surface area contributed by atoms with Gasteiger partial charge in [0, 0.05) is 0 Å². The van der Waals surface area contributed by atoms with Gasteiger partial charge in [-0.1, -0.05) is 24.6 Å². The smallest absolute Gasteiger partial charge is 0.320 e. The van der Waals surface area contributed by atoms with E-state index in [0.29, 0.717) is 17.1 Å². The van der Waals surface area contributed by atoms with Crippen molar-refractivity contribution in [1.82, 2.24) is 4.90 Å². The summed E-state index contributed by atoms with van der Waals surface area (Å²) in [6.07, 6.45) is 0.434. The molecular weight excluding hydrogens is 292 g/mol. The maximum atomic E-state index is 12.1.